The summed E-state index contributed by atoms with van der Waals surface area (Å²) in [6, 6.07) is 3.89. The van der Waals surface area contributed by atoms with Gasteiger partial charge in [-0.25, -0.2) is 4.39 Å². The van der Waals surface area contributed by atoms with Crippen LogP contribution < -0.4 is 0 Å². The molecular weight excluding hydrogens is 251 g/mol. The number of nitrogens with zero attached hydrogens (tertiary/aromatic N) is 2. The maximum atomic E-state index is 13.9. The molecule has 18 heavy (non-hydrogen) atoms. The van der Waals surface area contributed by atoms with Gasteiger partial charge in [-0.2, -0.15) is 0 Å². The lowest BCUT2D eigenvalue weighted by molar-refractivity contribution is 0.228. The van der Waals surface area contributed by atoms with Gasteiger partial charge in [0.1, 0.15) is 5.82 Å². The molecule has 0 N–H and O–H groups in total. The number of rotatable bonds is 1. The molecule has 1 aliphatic heterocycles. The average molecular weight is 267 g/mol. The summed E-state index contributed by atoms with van der Waals surface area (Å²) in [7, 11) is 4.14. The molecule has 1 aliphatic rings. The highest BCUT2D eigenvalue weighted by molar-refractivity contribution is 6.35. The van der Waals surface area contributed by atoms with Crippen LogP contribution in [0.15, 0.2) is 18.3 Å². The van der Waals surface area contributed by atoms with Crippen LogP contribution >= 0.6 is 11.6 Å². The van der Waals surface area contributed by atoms with Crippen molar-refractivity contribution in [1.29, 1.82) is 0 Å². The van der Waals surface area contributed by atoms with Crippen molar-refractivity contribution in [2.45, 2.75) is 25.4 Å². The summed E-state index contributed by atoms with van der Waals surface area (Å²) >= 11 is 6.04. The fourth-order valence-electron chi connectivity index (χ4n) is 3.04. The molecule has 0 unspecified atom stereocenters. The number of aromatic nitrogens is 1. The Bertz CT molecular complexity index is 618. The van der Waals surface area contributed by atoms with Crippen LogP contribution in [-0.4, -0.2) is 29.6 Å². The largest absolute Gasteiger partial charge is 0.346 e. The van der Waals surface area contributed by atoms with E-state index in [-0.39, 0.29) is 10.8 Å². The van der Waals surface area contributed by atoms with Crippen LogP contribution in [0.5, 0.6) is 0 Å². The van der Waals surface area contributed by atoms with Gasteiger partial charge in [0, 0.05) is 30.1 Å². The van der Waals surface area contributed by atoms with E-state index in [4.69, 9.17) is 11.6 Å². The van der Waals surface area contributed by atoms with Gasteiger partial charge in [-0.1, -0.05) is 18.5 Å². The molecular formula is C14H16ClFN2. The number of hydrogen-bond acceptors (Lipinski definition) is 1. The predicted octanol–water partition coefficient (Wildman–Crippen LogP) is 3.48. The van der Waals surface area contributed by atoms with E-state index < -0.39 is 0 Å². The minimum absolute atomic E-state index is 0.239. The highest BCUT2D eigenvalue weighted by Crippen LogP contribution is 2.39. The van der Waals surface area contributed by atoms with Gasteiger partial charge in [0.25, 0.3) is 0 Å². The predicted molar refractivity (Wildman–Crippen MR) is 72.8 cm³/mol. The Morgan fingerprint density at radius 1 is 1.44 bits per heavy atom. The van der Waals surface area contributed by atoms with Gasteiger partial charge in [-0.15, -0.1) is 0 Å². The first-order valence-corrected chi connectivity index (χ1v) is 6.51. The second-order valence-electron chi connectivity index (χ2n) is 5.31. The van der Waals surface area contributed by atoms with Crippen LogP contribution in [0.4, 0.5) is 4.39 Å². The van der Waals surface area contributed by atoms with Crippen molar-refractivity contribution < 1.29 is 4.39 Å². The number of hydrogen-bond donors (Lipinski definition) is 0. The van der Waals surface area contributed by atoms with Crippen molar-refractivity contribution in [2.75, 3.05) is 14.1 Å². The van der Waals surface area contributed by atoms with Crippen LogP contribution in [0, 0.1) is 5.82 Å². The molecule has 2 aromatic rings. The second kappa shape index (κ2) is 3.97. The maximum absolute atomic E-state index is 13.9. The Labute approximate surface area is 111 Å². The first-order chi connectivity index (χ1) is 8.50. The molecule has 3 rings (SSSR count). The third-order valence-corrected chi connectivity index (χ3v) is 4.46. The lowest BCUT2D eigenvalue weighted by Gasteiger charge is -2.35. The van der Waals surface area contributed by atoms with E-state index in [1.165, 1.54) is 0 Å². The topological polar surface area (TPSA) is 8.17 Å². The van der Waals surface area contributed by atoms with Gasteiger partial charge in [0.05, 0.1) is 10.5 Å². The summed E-state index contributed by atoms with van der Waals surface area (Å²) in [4.78, 5) is 2.20. The molecule has 0 radical (unpaired) electrons. The van der Waals surface area contributed by atoms with E-state index in [0.29, 0.717) is 12.0 Å². The maximum Gasteiger partial charge on any atom is 0.142 e. The van der Waals surface area contributed by atoms with Gasteiger partial charge in [0.15, 0.2) is 0 Å². The third-order valence-electron chi connectivity index (χ3n) is 4.08. The molecule has 2 heterocycles. The van der Waals surface area contributed by atoms with E-state index in [9.17, 15) is 4.39 Å². The first-order valence-electron chi connectivity index (χ1n) is 6.14. The summed E-state index contributed by atoms with van der Waals surface area (Å²) < 4.78 is 16.1. The quantitative estimate of drug-likeness (QED) is 0.767. The Morgan fingerprint density at radius 2 is 2.17 bits per heavy atom. The van der Waals surface area contributed by atoms with Crippen molar-refractivity contribution in [3.8, 4) is 0 Å². The van der Waals surface area contributed by atoms with Crippen LogP contribution in [0.25, 0.3) is 10.9 Å². The summed E-state index contributed by atoms with van der Waals surface area (Å²) in [6.45, 7) is 3.08. The molecule has 0 saturated heterocycles. The lowest BCUT2D eigenvalue weighted by atomic mass is 9.88. The van der Waals surface area contributed by atoms with Gasteiger partial charge in [0.2, 0.25) is 0 Å². The summed E-state index contributed by atoms with van der Waals surface area (Å²) in [5, 5.41) is 1.07. The second-order valence-corrected chi connectivity index (χ2v) is 5.69. The zero-order valence-electron chi connectivity index (χ0n) is 10.7. The van der Waals surface area contributed by atoms with Gasteiger partial charge in [-0.05, 0) is 31.8 Å². The van der Waals surface area contributed by atoms with Gasteiger partial charge < -0.3 is 9.47 Å². The molecule has 96 valence electrons. The standard InChI is InChI=1S/C14H16ClFN2/c1-8-10-6-11(16)13(15)9-4-5-18(14(9)10)7-12(8)17(2)3/h4-6,8,12H,7H2,1-3H3/t8-,12+/m1/s1. The summed E-state index contributed by atoms with van der Waals surface area (Å²) in [5.74, 6) is -0.0140. The fourth-order valence-corrected chi connectivity index (χ4v) is 3.25. The van der Waals surface area contributed by atoms with Crippen LogP contribution in [-0.2, 0) is 6.54 Å². The molecule has 2 atom stereocenters. The Morgan fingerprint density at radius 3 is 2.83 bits per heavy atom. The number of likely N-dealkylation sites (N-methyl/N-ethyl adjacent to an activating group) is 1. The zero-order valence-corrected chi connectivity index (χ0v) is 11.5. The molecule has 0 fully saturated rings. The van der Waals surface area contributed by atoms with E-state index in [1.807, 2.05) is 12.3 Å². The van der Waals surface area contributed by atoms with Gasteiger partial charge >= 0.3 is 0 Å². The minimum atomic E-state index is -0.317. The van der Waals surface area contributed by atoms with Crippen LogP contribution in [0.2, 0.25) is 5.02 Å². The molecule has 2 nitrogen and oxygen atoms in total. The Kier molecular flexibility index (Phi) is 2.65. The van der Waals surface area contributed by atoms with Crippen molar-refractivity contribution in [3.05, 3.63) is 34.7 Å². The van der Waals surface area contributed by atoms with E-state index >= 15 is 0 Å². The van der Waals surface area contributed by atoms with E-state index in [0.717, 1.165) is 23.0 Å². The third kappa shape index (κ3) is 1.50. The SMILES string of the molecule is C[C@@H]1c2cc(F)c(Cl)c3ccn(c23)C[C@@H]1N(C)C. The van der Waals surface area contributed by atoms with Crippen molar-refractivity contribution in [1.82, 2.24) is 9.47 Å². The van der Waals surface area contributed by atoms with Gasteiger partial charge in [-0.3, -0.25) is 0 Å². The fraction of sp³-hybridized carbons (Fsp3) is 0.429. The highest BCUT2D eigenvalue weighted by Gasteiger charge is 2.30. The number of benzene rings is 1. The van der Waals surface area contributed by atoms with E-state index in [2.05, 4.69) is 30.5 Å². The van der Waals surface area contributed by atoms with Crippen LogP contribution in [0.1, 0.15) is 18.4 Å². The zero-order chi connectivity index (χ0) is 13.0. The number of halogens is 2. The average Bonchev–Trinajstić information content (AvgIpc) is 2.73. The van der Waals surface area contributed by atoms with E-state index in [1.54, 1.807) is 6.07 Å². The lowest BCUT2D eigenvalue weighted by Crippen LogP contribution is -2.39. The van der Waals surface area contributed by atoms with Crippen molar-refractivity contribution >= 4 is 22.5 Å². The van der Waals surface area contributed by atoms with Crippen molar-refractivity contribution in [3.63, 3.8) is 0 Å². The molecule has 0 bridgehead atoms. The Balaban J connectivity index is 2.29. The summed E-state index contributed by atoms with van der Waals surface area (Å²) in [5.41, 5.74) is 2.15. The van der Waals surface area contributed by atoms with Crippen LogP contribution in [0.3, 0.4) is 0 Å². The molecule has 4 heteroatoms. The highest BCUT2D eigenvalue weighted by atomic mass is 35.5. The monoisotopic (exact) mass is 266 g/mol. The minimum Gasteiger partial charge on any atom is -0.346 e. The molecule has 0 aliphatic carbocycles. The Hall–Kier alpha value is -1.06. The van der Waals surface area contributed by atoms with Crippen molar-refractivity contribution in [2.24, 2.45) is 0 Å². The molecule has 0 spiro atoms. The smallest absolute Gasteiger partial charge is 0.142 e. The first kappa shape index (κ1) is 12.0. The molecule has 0 saturated carbocycles. The normalized spacial score (nSPS) is 23.0. The molecule has 1 aromatic heterocycles. The summed E-state index contributed by atoms with van der Waals surface area (Å²) in [6.07, 6.45) is 2.00. The molecule has 0 amide bonds. The molecule has 1 aromatic carbocycles.